The third-order valence-electron chi connectivity index (χ3n) is 3.60. The van der Waals surface area contributed by atoms with Crippen molar-refractivity contribution in [2.45, 2.75) is 24.2 Å². The van der Waals surface area contributed by atoms with E-state index in [1.54, 1.807) is 12.1 Å². The molecule has 0 bridgehead atoms. The van der Waals surface area contributed by atoms with Crippen molar-refractivity contribution in [1.29, 1.82) is 5.26 Å². The fourth-order valence-corrected chi connectivity index (χ4v) is 2.74. The Kier molecular flexibility index (Phi) is 3.43. The number of fused-ring (bicyclic) bond motifs is 1. The van der Waals surface area contributed by atoms with Crippen molar-refractivity contribution in [3.63, 3.8) is 0 Å². The van der Waals surface area contributed by atoms with E-state index in [2.05, 4.69) is 14.9 Å². The molecule has 0 aliphatic carbocycles. The summed E-state index contributed by atoms with van der Waals surface area (Å²) in [6.45, 7) is -0.271. The number of hydrogen-bond donors (Lipinski definition) is 3. The molecule has 3 heterocycles. The molecule has 2 aromatic heterocycles. The zero-order valence-corrected chi connectivity index (χ0v) is 11.5. The van der Waals surface area contributed by atoms with Gasteiger partial charge in [0, 0.05) is 18.2 Å². The average Bonchev–Trinajstić information content (AvgIpc) is 3.08. The van der Waals surface area contributed by atoms with Crippen molar-refractivity contribution in [1.82, 2.24) is 14.6 Å². The number of hydrogen-bond acceptors (Lipinski definition) is 7. The van der Waals surface area contributed by atoms with Gasteiger partial charge >= 0.3 is 0 Å². The SMILES string of the molecule is N#C[C@@]1(c2ccc3c(NCl)ncnn23)O[C@H](CO)C[C@H]1O. The van der Waals surface area contributed by atoms with E-state index >= 15 is 0 Å². The third-order valence-corrected chi connectivity index (χ3v) is 3.78. The molecule has 0 unspecified atom stereocenters. The highest BCUT2D eigenvalue weighted by atomic mass is 35.5. The lowest BCUT2D eigenvalue weighted by molar-refractivity contribution is -0.0630. The third kappa shape index (κ3) is 1.94. The molecular formula is C12H12ClN5O3. The Morgan fingerprint density at radius 1 is 1.62 bits per heavy atom. The number of ether oxygens (including phenoxy) is 1. The largest absolute Gasteiger partial charge is 0.394 e. The van der Waals surface area contributed by atoms with Crippen LogP contribution in [0.15, 0.2) is 18.5 Å². The van der Waals surface area contributed by atoms with Gasteiger partial charge in [-0.05, 0) is 12.1 Å². The number of anilines is 1. The summed E-state index contributed by atoms with van der Waals surface area (Å²) in [5.74, 6) is 0.372. The number of rotatable bonds is 3. The summed E-state index contributed by atoms with van der Waals surface area (Å²) in [6, 6.07) is 5.29. The average molecular weight is 310 g/mol. The molecule has 1 aliphatic rings. The van der Waals surface area contributed by atoms with Crippen LogP contribution in [0.3, 0.4) is 0 Å². The number of nitrogens with one attached hydrogen (secondary N) is 1. The van der Waals surface area contributed by atoms with Crippen molar-refractivity contribution < 1.29 is 14.9 Å². The highest BCUT2D eigenvalue weighted by Gasteiger charge is 2.51. The van der Waals surface area contributed by atoms with Gasteiger partial charge in [-0.15, -0.1) is 0 Å². The minimum atomic E-state index is -1.59. The summed E-state index contributed by atoms with van der Waals surface area (Å²) in [7, 11) is 0. The van der Waals surface area contributed by atoms with Gasteiger partial charge < -0.3 is 14.9 Å². The summed E-state index contributed by atoms with van der Waals surface area (Å²) < 4.78 is 7.02. The topological polar surface area (TPSA) is 116 Å². The van der Waals surface area contributed by atoms with E-state index in [0.29, 0.717) is 17.0 Å². The predicted molar refractivity (Wildman–Crippen MR) is 72.3 cm³/mol. The maximum absolute atomic E-state index is 10.2. The van der Waals surface area contributed by atoms with E-state index in [1.165, 1.54) is 10.8 Å². The van der Waals surface area contributed by atoms with Crippen LogP contribution in [-0.2, 0) is 10.3 Å². The molecule has 1 fully saturated rings. The van der Waals surface area contributed by atoms with Crippen LogP contribution in [-0.4, -0.2) is 43.6 Å². The Labute approximate surface area is 124 Å². The van der Waals surface area contributed by atoms with Gasteiger partial charge in [-0.1, -0.05) is 0 Å². The molecule has 0 amide bonds. The summed E-state index contributed by atoms with van der Waals surface area (Å²) in [6.07, 6.45) is -0.224. The number of halogens is 1. The molecule has 8 nitrogen and oxygen atoms in total. The second-order valence-corrected chi connectivity index (χ2v) is 4.93. The number of nitrogens with zero attached hydrogens (tertiary/aromatic N) is 4. The Morgan fingerprint density at radius 3 is 3.05 bits per heavy atom. The smallest absolute Gasteiger partial charge is 0.222 e. The van der Waals surface area contributed by atoms with Crippen LogP contribution in [0.4, 0.5) is 5.82 Å². The maximum Gasteiger partial charge on any atom is 0.222 e. The monoisotopic (exact) mass is 309 g/mol. The van der Waals surface area contributed by atoms with Gasteiger partial charge in [-0.2, -0.15) is 10.4 Å². The van der Waals surface area contributed by atoms with E-state index in [-0.39, 0.29) is 13.0 Å². The van der Waals surface area contributed by atoms with Gasteiger partial charge in [0.15, 0.2) is 5.82 Å². The number of aromatic nitrogens is 3. The van der Waals surface area contributed by atoms with E-state index in [9.17, 15) is 15.5 Å². The van der Waals surface area contributed by atoms with Crippen LogP contribution in [0.25, 0.3) is 5.52 Å². The molecule has 3 rings (SSSR count). The maximum atomic E-state index is 10.2. The van der Waals surface area contributed by atoms with Gasteiger partial charge in [0.2, 0.25) is 5.60 Å². The molecule has 3 N–H and O–H groups in total. The fourth-order valence-electron chi connectivity index (χ4n) is 2.59. The zero-order chi connectivity index (χ0) is 15.0. The molecule has 0 radical (unpaired) electrons. The number of aliphatic hydroxyl groups is 2. The summed E-state index contributed by atoms with van der Waals surface area (Å²) in [5.41, 5.74) is -0.683. The standard InChI is InChI=1S/C12H12ClN5O3/c13-17-11-8-1-2-9(18(8)16-6-15-11)12(5-14)10(20)3-7(4-19)21-12/h1-2,6-7,10,19-20H,3-4H2,(H,15,16,17)/t7-,10+,12-/m0/s1. The molecule has 110 valence electrons. The van der Waals surface area contributed by atoms with Crippen molar-refractivity contribution >= 4 is 23.1 Å². The molecule has 2 aromatic rings. The van der Waals surface area contributed by atoms with Crippen molar-refractivity contribution in [3.05, 3.63) is 24.2 Å². The van der Waals surface area contributed by atoms with E-state index < -0.39 is 17.8 Å². The predicted octanol–water partition coefficient (Wildman–Crippen LogP) is 0.156. The Balaban J connectivity index is 2.17. The molecule has 0 aromatic carbocycles. The lowest BCUT2D eigenvalue weighted by Crippen LogP contribution is -2.36. The van der Waals surface area contributed by atoms with Gasteiger partial charge in [-0.25, -0.2) is 9.50 Å². The first-order chi connectivity index (χ1) is 10.2. The quantitative estimate of drug-likeness (QED) is 0.691. The van der Waals surface area contributed by atoms with Gasteiger partial charge in [0.1, 0.15) is 24.0 Å². The molecule has 0 saturated carbocycles. The van der Waals surface area contributed by atoms with Gasteiger partial charge in [-0.3, -0.25) is 4.84 Å². The van der Waals surface area contributed by atoms with Gasteiger partial charge in [0.25, 0.3) is 0 Å². The first-order valence-corrected chi connectivity index (χ1v) is 6.62. The van der Waals surface area contributed by atoms with E-state index in [1.807, 2.05) is 6.07 Å². The minimum Gasteiger partial charge on any atom is -0.394 e. The lowest BCUT2D eigenvalue weighted by Gasteiger charge is -2.24. The van der Waals surface area contributed by atoms with Crippen molar-refractivity contribution in [2.75, 3.05) is 11.4 Å². The lowest BCUT2D eigenvalue weighted by atomic mass is 9.94. The molecule has 3 atom stereocenters. The minimum absolute atomic E-state index is 0.170. The summed E-state index contributed by atoms with van der Waals surface area (Å²) in [5, 5.41) is 33.1. The molecule has 0 spiro atoms. The van der Waals surface area contributed by atoms with Gasteiger partial charge in [0.05, 0.1) is 18.4 Å². The van der Waals surface area contributed by atoms with Crippen LogP contribution in [0.2, 0.25) is 0 Å². The highest BCUT2D eigenvalue weighted by Crippen LogP contribution is 2.40. The van der Waals surface area contributed by atoms with E-state index in [0.717, 1.165) is 0 Å². The Morgan fingerprint density at radius 2 is 2.43 bits per heavy atom. The molecule has 1 aliphatic heterocycles. The van der Waals surface area contributed by atoms with Crippen LogP contribution >= 0.6 is 11.8 Å². The van der Waals surface area contributed by atoms with Crippen LogP contribution in [0, 0.1) is 11.3 Å². The summed E-state index contributed by atoms with van der Waals surface area (Å²) in [4.78, 5) is 6.37. The Bertz CT molecular complexity index is 714. The molecular weight excluding hydrogens is 298 g/mol. The normalized spacial score (nSPS) is 28.7. The first-order valence-electron chi connectivity index (χ1n) is 6.24. The number of nitriles is 1. The second kappa shape index (κ2) is 5.13. The van der Waals surface area contributed by atoms with Crippen LogP contribution < -0.4 is 4.84 Å². The zero-order valence-electron chi connectivity index (χ0n) is 10.8. The van der Waals surface area contributed by atoms with E-state index in [4.69, 9.17) is 16.5 Å². The summed E-state index contributed by atoms with van der Waals surface area (Å²) >= 11 is 5.59. The van der Waals surface area contributed by atoms with Crippen molar-refractivity contribution in [2.24, 2.45) is 0 Å². The van der Waals surface area contributed by atoms with Crippen LogP contribution in [0.1, 0.15) is 12.1 Å². The first kappa shape index (κ1) is 14.0. The van der Waals surface area contributed by atoms with Crippen LogP contribution in [0.5, 0.6) is 0 Å². The second-order valence-electron chi connectivity index (χ2n) is 4.74. The molecule has 9 heteroatoms. The Hall–Kier alpha value is -1.92. The number of aliphatic hydroxyl groups excluding tert-OH is 2. The molecule has 1 saturated heterocycles. The molecule has 21 heavy (non-hydrogen) atoms. The van der Waals surface area contributed by atoms with Crippen molar-refractivity contribution in [3.8, 4) is 6.07 Å². The highest BCUT2D eigenvalue weighted by molar-refractivity contribution is 6.24. The fraction of sp³-hybridized carbons (Fsp3) is 0.417.